The van der Waals surface area contributed by atoms with Gasteiger partial charge in [-0.3, -0.25) is 4.72 Å². The largest absolute Gasteiger partial charge is 0.340 e. The van der Waals surface area contributed by atoms with Gasteiger partial charge in [-0.1, -0.05) is 36.4 Å². The van der Waals surface area contributed by atoms with Gasteiger partial charge in [-0.25, -0.2) is 9.97 Å². The molecule has 0 aliphatic heterocycles. The Kier molecular flexibility index (Phi) is 5.15. The second-order valence-electron chi connectivity index (χ2n) is 5.75. The quantitative estimate of drug-likeness (QED) is 0.697. The summed E-state index contributed by atoms with van der Waals surface area (Å²) in [6.45, 7) is 0. The van der Waals surface area contributed by atoms with E-state index in [-0.39, 0.29) is 0 Å². The van der Waals surface area contributed by atoms with Crippen LogP contribution < -0.4 is 10.0 Å². The summed E-state index contributed by atoms with van der Waals surface area (Å²) in [6.07, 6.45) is 1.49. The number of benzene rings is 2. The Balaban J connectivity index is 1.81. The van der Waals surface area contributed by atoms with Gasteiger partial charge in [-0.05, 0) is 18.2 Å². The minimum Gasteiger partial charge on any atom is -0.340 e. The van der Waals surface area contributed by atoms with Crippen molar-refractivity contribution in [2.75, 3.05) is 24.1 Å². The maximum atomic E-state index is 11.9. The summed E-state index contributed by atoms with van der Waals surface area (Å²) in [5.74, 6) is 0.617. The Morgan fingerprint density at radius 1 is 0.885 bits per heavy atom. The van der Waals surface area contributed by atoms with E-state index in [1.807, 2.05) is 42.5 Å². The maximum absolute atomic E-state index is 11.9. The van der Waals surface area contributed by atoms with Crippen LogP contribution >= 0.6 is 0 Å². The highest BCUT2D eigenvalue weighted by molar-refractivity contribution is 7.90. The molecule has 1 aromatic heterocycles. The molecule has 0 saturated heterocycles. The molecule has 0 radical (unpaired) electrons. The van der Waals surface area contributed by atoms with Crippen LogP contribution in [0.25, 0.3) is 11.3 Å². The molecular formula is C18H19N5O2S. The zero-order valence-electron chi connectivity index (χ0n) is 14.4. The summed E-state index contributed by atoms with van der Waals surface area (Å²) in [6, 6.07) is 18.6. The van der Waals surface area contributed by atoms with E-state index in [2.05, 4.69) is 20.0 Å². The SMILES string of the molecule is CN(C)S(=O)(=O)Nc1cccc(Nc2cc(-c3ccccc3)ncn2)c1. The van der Waals surface area contributed by atoms with Gasteiger partial charge in [-0.15, -0.1) is 0 Å². The summed E-state index contributed by atoms with van der Waals surface area (Å²) < 4.78 is 27.5. The van der Waals surface area contributed by atoms with Crippen molar-refractivity contribution < 1.29 is 8.42 Å². The highest BCUT2D eigenvalue weighted by atomic mass is 32.2. The Bertz CT molecular complexity index is 991. The van der Waals surface area contributed by atoms with E-state index in [4.69, 9.17) is 0 Å². The standard InChI is InChI=1S/C18H19N5O2S/c1-23(2)26(24,25)22-16-10-6-9-15(11-16)21-18-12-17(19-13-20-18)14-7-4-3-5-8-14/h3-13,22H,1-2H3,(H,19,20,21). The minimum absolute atomic E-state index is 0.459. The van der Waals surface area contributed by atoms with Gasteiger partial charge >= 0.3 is 10.2 Å². The van der Waals surface area contributed by atoms with Crippen LogP contribution in [0, 0.1) is 0 Å². The van der Waals surface area contributed by atoms with Gasteiger partial charge in [0.15, 0.2) is 0 Å². The molecule has 0 aliphatic rings. The van der Waals surface area contributed by atoms with Crippen LogP contribution in [0.3, 0.4) is 0 Å². The summed E-state index contributed by atoms with van der Waals surface area (Å²) in [7, 11) is -0.616. The fourth-order valence-corrected chi connectivity index (χ4v) is 2.85. The summed E-state index contributed by atoms with van der Waals surface area (Å²) >= 11 is 0. The predicted molar refractivity (Wildman–Crippen MR) is 103 cm³/mol. The number of aromatic nitrogens is 2. The lowest BCUT2D eigenvalue weighted by Crippen LogP contribution is -2.28. The Morgan fingerprint density at radius 3 is 2.35 bits per heavy atom. The van der Waals surface area contributed by atoms with Crippen LogP contribution in [0.4, 0.5) is 17.2 Å². The smallest absolute Gasteiger partial charge is 0.301 e. The van der Waals surface area contributed by atoms with Gasteiger partial charge in [0.25, 0.3) is 0 Å². The molecule has 0 unspecified atom stereocenters. The van der Waals surface area contributed by atoms with Crippen molar-refractivity contribution in [3.8, 4) is 11.3 Å². The number of rotatable bonds is 6. The zero-order chi connectivity index (χ0) is 18.6. The number of hydrogen-bond donors (Lipinski definition) is 2. The molecule has 0 atom stereocenters. The van der Waals surface area contributed by atoms with E-state index in [1.165, 1.54) is 20.4 Å². The first-order valence-corrected chi connectivity index (χ1v) is 9.33. The number of anilines is 3. The van der Waals surface area contributed by atoms with E-state index in [1.54, 1.807) is 18.2 Å². The van der Waals surface area contributed by atoms with Crippen LogP contribution in [0.2, 0.25) is 0 Å². The van der Waals surface area contributed by atoms with Crippen molar-refractivity contribution in [1.29, 1.82) is 0 Å². The van der Waals surface area contributed by atoms with Crippen molar-refractivity contribution in [3.63, 3.8) is 0 Å². The topological polar surface area (TPSA) is 87.2 Å². The molecule has 0 saturated carbocycles. The zero-order valence-corrected chi connectivity index (χ0v) is 15.2. The molecule has 8 heteroatoms. The van der Waals surface area contributed by atoms with Crippen LogP contribution in [-0.2, 0) is 10.2 Å². The predicted octanol–water partition coefficient (Wildman–Crippen LogP) is 3.11. The number of nitrogens with zero attached hydrogens (tertiary/aromatic N) is 3. The minimum atomic E-state index is -3.55. The fraction of sp³-hybridized carbons (Fsp3) is 0.111. The molecule has 134 valence electrons. The molecule has 3 aromatic rings. The van der Waals surface area contributed by atoms with E-state index in [0.717, 1.165) is 15.6 Å². The molecule has 7 nitrogen and oxygen atoms in total. The van der Waals surface area contributed by atoms with Crippen molar-refractivity contribution in [2.45, 2.75) is 0 Å². The van der Waals surface area contributed by atoms with Gasteiger partial charge in [0.1, 0.15) is 12.1 Å². The third-order valence-corrected chi connectivity index (χ3v) is 5.05. The molecule has 0 fully saturated rings. The van der Waals surface area contributed by atoms with Crippen LogP contribution in [0.1, 0.15) is 0 Å². The number of nitrogens with one attached hydrogen (secondary N) is 2. The van der Waals surface area contributed by atoms with E-state index >= 15 is 0 Å². The molecule has 0 amide bonds. The second-order valence-corrected chi connectivity index (χ2v) is 7.63. The lowest BCUT2D eigenvalue weighted by Gasteiger charge is -2.14. The van der Waals surface area contributed by atoms with Gasteiger partial charge in [0.2, 0.25) is 0 Å². The highest BCUT2D eigenvalue weighted by Crippen LogP contribution is 2.23. The molecule has 0 aliphatic carbocycles. The molecule has 1 heterocycles. The normalized spacial score (nSPS) is 11.3. The van der Waals surface area contributed by atoms with E-state index < -0.39 is 10.2 Å². The monoisotopic (exact) mass is 369 g/mol. The Morgan fingerprint density at radius 2 is 1.62 bits per heavy atom. The molecule has 0 bridgehead atoms. The van der Waals surface area contributed by atoms with Gasteiger partial charge < -0.3 is 5.32 Å². The van der Waals surface area contributed by atoms with E-state index in [0.29, 0.717) is 17.2 Å². The van der Waals surface area contributed by atoms with Gasteiger partial charge in [-0.2, -0.15) is 12.7 Å². The average molecular weight is 369 g/mol. The lowest BCUT2D eigenvalue weighted by molar-refractivity contribution is 0.527. The molecule has 0 spiro atoms. The van der Waals surface area contributed by atoms with Crippen molar-refractivity contribution in [2.24, 2.45) is 0 Å². The van der Waals surface area contributed by atoms with Crippen LogP contribution in [-0.4, -0.2) is 36.8 Å². The average Bonchev–Trinajstić information content (AvgIpc) is 2.62. The fourth-order valence-electron chi connectivity index (χ4n) is 2.24. The first-order chi connectivity index (χ1) is 12.4. The first-order valence-electron chi connectivity index (χ1n) is 7.89. The van der Waals surface area contributed by atoms with Gasteiger partial charge in [0.05, 0.1) is 11.4 Å². The van der Waals surface area contributed by atoms with Crippen LogP contribution in [0.5, 0.6) is 0 Å². The Labute approximate surface area is 152 Å². The molecular weight excluding hydrogens is 350 g/mol. The molecule has 2 N–H and O–H groups in total. The first kappa shape index (κ1) is 17.8. The Hall–Kier alpha value is -2.97. The summed E-state index contributed by atoms with van der Waals surface area (Å²) in [5, 5.41) is 3.17. The van der Waals surface area contributed by atoms with Gasteiger partial charge in [0, 0.05) is 31.4 Å². The maximum Gasteiger partial charge on any atom is 0.301 e. The number of hydrogen-bond acceptors (Lipinski definition) is 5. The van der Waals surface area contributed by atoms with Crippen LogP contribution in [0.15, 0.2) is 67.0 Å². The summed E-state index contributed by atoms with van der Waals surface area (Å²) in [4.78, 5) is 8.51. The third-order valence-electron chi connectivity index (χ3n) is 3.60. The molecule has 3 rings (SSSR count). The third kappa shape index (κ3) is 4.35. The second kappa shape index (κ2) is 7.51. The lowest BCUT2D eigenvalue weighted by atomic mass is 10.1. The van der Waals surface area contributed by atoms with Crippen molar-refractivity contribution >= 4 is 27.4 Å². The van der Waals surface area contributed by atoms with Crippen molar-refractivity contribution in [3.05, 3.63) is 67.0 Å². The van der Waals surface area contributed by atoms with E-state index in [9.17, 15) is 8.42 Å². The summed E-state index contributed by atoms with van der Waals surface area (Å²) in [5.41, 5.74) is 2.96. The highest BCUT2D eigenvalue weighted by Gasteiger charge is 2.13. The molecule has 26 heavy (non-hydrogen) atoms. The van der Waals surface area contributed by atoms with Crippen molar-refractivity contribution in [1.82, 2.24) is 14.3 Å². The molecule has 2 aromatic carbocycles.